The summed E-state index contributed by atoms with van der Waals surface area (Å²) in [6.45, 7) is 24.6. The number of piperazine rings is 1. The third-order valence-corrected chi connectivity index (χ3v) is 6.12. The summed E-state index contributed by atoms with van der Waals surface area (Å²) >= 11 is 0. The topological polar surface area (TPSA) is 96.5 Å². The van der Waals surface area contributed by atoms with Gasteiger partial charge in [-0.1, -0.05) is 82.4 Å². The molecule has 0 saturated carbocycles. The van der Waals surface area contributed by atoms with Crippen LogP contribution in [-0.4, -0.2) is 72.5 Å². The van der Waals surface area contributed by atoms with Crippen LogP contribution in [0.2, 0.25) is 0 Å². The van der Waals surface area contributed by atoms with Crippen LogP contribution < -0.4 is 27.2 Å². The zero-order chi connectivity index (χ0) is 33.2. The first-order valence-corrected chi connectivity index (χ1v) is 15.3. The van der Waals surface area contributed by atoms with Crippen molar-refractivity contribution in [2.24, 2.45) is 5.73 Å². The van der Waals surface area contributed by atoms with Crippen LogP contribution in [0.25, 0.3) is 17.8 Å². The summed E-state index contributed by atoms with van der Waals surface area (Å²) in [7, 11) is 3.64. The number of nitrogens with two attached hydrogens (primary N) is 1. The fraction of sp³-hybridized carbons (Fsp3) is 0.457. The van der Waals surface area contributed by atoms with Crippen LogP contribution in [-0.2, 0) is 11.3 Å². The van der Waals surface area contributed by atoms with E-state index in [1.54, 1.807) is 10.6 Å². The van der Waals surface area contributed by atoms with E-state index in [0.29, 0.717) is 18.3 Å². The number of allylic oxidation sites excluding steroid dienone is 5. The highest BCUT2D eigenvalue weighted by molar-refractivity contribution is 5.59. The number of rotatable bonds is 8. The number of hydrogen-bond acceptors (Lipinski definition) is 7. The fourth-order valence-corrected chi connectivity index (χ4v) is 3.94. The summed E-state index contributed by atoms with van der Waals surface area (Å²) < 4.78 is 1.74. The number of benzene rings is 1. The van der Waals surface area contributed by atoms with Crippen molar-refractivity contribution < 1.29 is 4.79 Å². The molecule has 1 aromatic heterocycles. The van der Waals surface area contributed by atoms with Crippen LogP contribution in [0.4, 0.5) is 5.69 Å². The molecule has 0 amide bonds. The van der Waals surface area contributed by atoms with Gasteiger partial charge in [0.2, 0.25) is 0 Å². The van der Waals surface area contributed by atoms with E-state index in [2.05, 4.69) is 34.5 Å². The lowest BCUT2D eigenvalue weighted by Gasteiger charge is -2.32. The molecule has 8 heteroatoms. The molecule has 0 radical (unpaired) electrons. The first-order chi connectivity index (χ1) is 20.8. The number of carbonyl (C=O) groups is 1. The number of aldehydes is 1. The van der Waals surface area contributed by atoms with Gasteiger partial charge in [0.25, 0.3) is 5.56 Å². The summed E-state index contributed by atoms with van der Waals surface area (Å²) in [5.41, 5.74) is 7.56. The highest BCUT2D eigenvalue weighted by atomic mass is 16.1. The van der Waals surface area contributed by atoms with Crippen molar-refractivity contribution in [3.63, 3.8) is 0 Å². The molecule has 1 fully saturated rings. The molecule has 3 N–H and O–H groups in total. The van der Waals surface area contributed by atoms with Crippen LogP contribution in [0.1, 0.15) is 59.9 Å². The summed E-state index contributed by atoms with van der Waals surface area (Å²) in [5, 5.41) is 4.36. The Morgan fingerprint density at radius 1 is 1.00 bits per heavy atom. The maximum atomic E-state index is 13.1. The van der Waals surface area contributed by atoms with Gasteiger partial charge in [0, 0.05) is 37.6 Å². The lowest BCUT2D eigenvalue weighted by Crippen LogP contribution is -2.50. The molecule has 2 heterocycles. The number of aromatic nitrogens is 2. The van der Waals surface area contributed by atoms with Crippen LogP contribution in [0.3, 0.4) is 0 Å². The number of likely N-dealkylation sites (N-methyl/N-ethyl adjacent to an activating group) is 1. The molecule has 1 aromatic carbocycles. The molecule has 43 heavy (non-hydrogen) atoms. The van der Waals surface area contributed by atoms with Crippen molar-refractivity contribution in [2.75, 3.05) is 52.1 Å². The van der Waals surface area contributed by atoms with Crippen LogP contribution in [0, 0.1) is 6.92 Å². The number of nitrogens with one attached hydrogen (secondary N) is 1. The van der Waals surface area contributed by atoms with E-state index in [1.807, 2.05) is 110 Å². The Hall–Kier alpha value is -3.59. The molecule has 1 aliphatic rings. The summed E-state index contributed by atoms with van der Waals surface area (Å²) in [6, 6.07) is 7.93. The monoisotopic (exact) mass is 594 g/mol. The number of hydrogen-bond donors (Lipinski definition) is 2. The number of aryl methyl sites for hydroxylation is 1. The number of anilines is 1. The van der Waals surface area contributed by atoms with Crippen LogP contribution >= 0.6 is 0 Å². The van der Waals surface area contributed by atoms with Crippen molar-refractivity contribution in [1.29, 1.82) is 0 Å². The SMILES string of the molecule is C=C/C=C\C=C(/C)n1c(CN2CCN(C)CC2)nc(=C/C)/c(=C\C)c1=O.CC.CC.CN.Cc1ccc(NCC=O)cc1. The summed E-state index contributed by atoms with van der Waals surface area (Å²) in [6.07, 6.45) is 12.0. The standard InChI is InChI=1S/C21H30N4O.C9H11NO.2C2H6.CH5N/c1-6-9-10-11-17(4)25-20(16-24-14-12-23(5)13-15-24)22-19(8-3)18(7-2)21(25)26;1-8-2-4-9(5-3-8)10-6-7-11;3*1-2/h6-11H,1,12-16H2,2-5H3;2-5,7,10H,6H2,1H3;2*1-2H3;2H2,1H3/b10-9-,17-11+,18-7+,19-8+;;;;. The Balaban J connectivity index is 0. The quantitative estimate of drug-likeness (QED) is 0.345. The van der Waals surface area contributed by atoms with Crippen molar-refractivity contribution in [1.82, 2.24) is 19.4 Å². The van der Waals surface area contributed by atoms with Gasteiger partial charge in [0.15, 0.2) is 0 Å². The van der Waals surface area contributed by atoms with Gasteiger partial charge in [-0.15, -0.1) is 0 Å². The largest absolute Gasteiger partial charge is 0.378 e. The molecule has 1 saturated heterocycles. The number of carbonyl (C=O) groups excluding carboxylic acids is 1. The first kappa shape index (κ1) is 41.5. The van der Waals surface area contributed by atoms with Gasteiger partial charge in [-0.3, -0.25) is 14.3 Å². The van der Waals surface area contributed by atoms with Gasteiger partial charge in [-0.25, -0.2) is 4.98 Å². The second kappa shape index (κ2) is 26.1. The molecule has 0 bridgehead atoms. The minimum Gasteiger partial charge on any atom is -0.378 e. The molecule has 3 rings (SSSR count). The zero-order valence-electron chi connectivity index (χ0n) is 28.5. The second-order valence-electron chi connectivity index (χ2n) is 8.97. The van der Waals surface area contributed by atoms with Crippen molar-refractivity contribution >= 4 is 29.8 Å². The lowest BCUT2D eigenvalue weighted by atomic mass is 10.2. The Kier molecular flexibility index (Phi) is 25.2. The average Bonchev–Trinajstić information content (AvgIpc) is 3.05. The lowest BCUT2D eigenvalue weighted by molar-refractivity contribution is -0.106. The number of nitrogens with zero attached hydrogens (tertiary/aromatic N) is 4. The zero-order valence-corrected chi connectivity index (χ0v) is 28.5. The molecule has 240 valence electrons. The molecule has 2 aromatic rings. The van der Waals surface area contributed by atoms with E-state index in [4.69, 9.17) is 4.98 Å². The van der Waals surface area contributed by atoms with E-state index >= 15 is 0 Å². The molecule has 8 nitrogen and oxygen atoms in total. The van der Waals surface area contributed by atoms with Crippen molar-refractivity contribution in [3.05, 3.63) is 87.5 Å². The fourth-order valence-electron chi connectivity index (χ4n) is 3.94. The first-order valence-electron chi connectivity index (χ1n) is 15.3. The maximum Gasteiger partial charge on any atom is 0.265 e. The Labute approximate surface area is 261 Å². The Bertz CT molecular complexity index is 1270. The van der Waals surface area contributed by atoms with E-state index in [1.165, 1.54) is 12.6 Å². The minimum atomic E-state index is -0.0134. The van der Waals surface area contributed by atoms with Gasteiger partial charge < -0.3 is 20.7 Å². The molecular formula is C35H58N6O2. The maximum absolute atomic E-state index is 13.1. The van der Waals surface area contributed by atoms with Crippen molar-refractivity contribution in [2.45, 2.75) is 61.9 Å². The van der Waals surface area contributed by atoms with E-state index in [9.17, 15) is 9.59 Å². The van der Waals surface area contributed by atoms with E-state index in [0.717, 1.165) is 55.0 Å². The molecule has 0 spiro atoms. The smallest absolute Gasteiger partial charge is 0.265 e. The highest BCUT2D eigenvalue weighted by Gasteiger charge is 2.18. The predicted molar refractivity (Wildman–Crippen MR) is 189 cm³/mol. The highest BCUT2D eigenvalue weighted by Crippen LogP contribution is 2.08. The minimum absolute atomic E-state index is 0.0134. The summed E-state index contributed by atoms with van der Waals surface area (Å²) in [5.74, 6) is 0.791. The van der Waals surface area contributed by atoms with Gasteiger partial charge in [-0.2, -0.15) is 0 Å². The molecule has 0 unspecified atom stereocenters. The molecular weight excluding hydrogens is 536 g/mol. The van der Waals surface area contributed by atoms with Gasteiger partial charge in [0.1, 0.15) is 12.1 Å². The van der Waals surface area contributed by atoms with Crippen LogP contribution in [0.5, 0.6) is 0 Å². The molecule has 0 atom stereocenters. The normalized spacial score (nSPS) is 14.2. The third kappa shape index (κ3) is 15.4. The van der Waals surface area contributed by atoms with Crippen molar-refractivity contribution in [3.8, 4) is 0 Å². The van der Waals surface area contributed by atoms with Gasteiger partial charge in [-0.05, 0) is 60.0 Å². The average molecular weight is 595 g/mol. The van der Waals surface area contributed by atoms with Gasteiger partial charge in [0.05, 0.1) is 23.7 Å². The third-order valence-electron chi connectivity index (χ3n) is 6.12. The molecule has 1 aliphatic heterocycles. The molecule has 0 aliphatic carbocycles. The van der Waals surface area contributed by atoms with Crippen LogP contribution in [0.15, 0.2) is 59.9 Å². The van der Waals surface area contributed by atoms with E-state index in [-0.39, 0.29) is 5.56 Å². The Morgan fingerprint density at radius 3 is 2.07 bits per heavy atom. The predicted octanol–water partition coefficient (Wildman–Crippen LogP) is 4.43. The van der Waals surface area contributed by atoms with Gasteiger partial charge >= 0.3 is 0 Å². The second-order valence-corrected chi connectivity index (χ2v) is 8.97. The Morgan fingerprint density at radius 2 is 1.58 bits per heavy atom. The summed E-state index contributed by atoms with van der Waals surface area (Å²) in [4.78, 5) is 32.6. The van der Waals surface area contributed by atoms with E-state index < -0.39 is 0 Å².